The summed E-state index contributed by atoms with van der Waals surface area (Å²) in [6.45, 7) is 3.43. The molecular weight excluding hydrogens is 197 g/mol. The number of carbonyl (C=O) groups is 1. The number of hydrogen-bond acceptors (Lipinski definition) is 2. The first kappa shape index (κ1) is 11.7. The van der Waals surface area contributed by atoms with Crippen molar-refractivity contribution in [1.29, 1.82) is 0 Å². The van der Waals surface area contributed by atoms with Gasteiger partial charge in [0.1, 0.15) is 11.9 Å². The zero-order valence-electron chi connectivity index (χ0n) is 9.00. The molecule has 0 radical (unpaired) electrons. The molecular formula is C11H14FNO2. The van der Waals surface area contributed by atoms with Crippen molar-refractivity contribution in [3.8, 4) is 0 Å². The Morgan fingerprint density at radius 1 is 1.53 bits per heavy atom. The van der Waals surface area contributed by atoms with Gasteiger partial charge in [0.15, 0.2) is 0 Å². The van der Waals surface area contributed by atoms with Crippen LogP contribution in [0.1, 0.15) is 12.5 Å². The van der Waals surface area contributed by atoms with Gasteiger partial charge in [-0.2, -0.15) is 0 Å². The Kier molecular flexibility index (Phi) is 3.80. The van der Waals surface area contributed by atoms with Crippen LogP contribution in [0.15, 0.2) is 18.2 Å². The molecule has 1 aromatic rings. The lowest BCUT2D eigenvalue weighted by atomic mass is 10.2. The van der Waals surface area contributed by atoms with Crippen molar-refractivity contribution in [3.05, 3.63) is 29.6 Å². The van der Waals surface area contributed by atoms with E-state index in [4.69, 9.17) is 4.74 Å². The minimum atomic E-state index is -0.593. The van der Waals surface area contributed by atoms with Crippen LogP contribution >= 0.6 is 0 Å². The fourth-order valence-electron chi connectivity index (χ4n) is 1.08. The number of anilines is 1. The van der Waals surface area contributed by atoms with Crippen LogP contribution in [0.4, 0.5) is 10.1 Å². The maximum atomic E-state index is 13.2. The Morgan fingerprint density at radius 2 is 2.20 bits per heavy atom. The van der Waals surface area contributed by atoms with Crippen LogP contribution in [0.3, 0.4) is 0 Å². The van der Waals surface area contributed by atoms with Crippen molar-refractivity contribution >= 4 is 11.6 Å². The molecule has 0 spiro atoms. The number of rotatable bonds is 3. The lowest BCUT2D eigenvalue weighted by molar-refractivity contribution is -0.124. The molecule has 0 bridgehead atoms. The SMILES string of the molecule is COC(C)C(=O)Nc1cc(C)ccc1F. The lowest BCUT2D eigenvalue weighted by Crippen LogP contribution is -2.26. The molecule has 1 unspecified atom stereocenters. The van der Waals surface area contributed by atoms with Crippen LogP contribution in [0.25, 0.3) is 0 Å². The second kappa shape index (κ2) is 4.89. The summed E-state index contributed by atoms with van der Waals surface area (Å²) in [5.41, 5.74) is 1.07. The molecule has 0 aliphatic heterocycles. The van der Waals surface area contributed by atoms with Crippen LogP contribution in [-0.4, -0.2) is 19.1 Å². The van der Waals surface area contributed by atoms with Gasteiger partial charge in [-0.1, -0.05) is 6.07 Å². The normalized spacial score (nSPS) is 12.3. The van der Waals surface area contributed by atoms with Crippen LogP contribution < -0.4 is 5.32 Å². The van der Waals surface area contributed by atoms with Gasteiger partial charge in [0.2, 0.25) is 0 Å². The number of halogens is 1. The van der Waals surface area contributed by atoms with Gasteiger partial charge in [0.25, 0.3) is 5.91 Å². The first-order valence-corrected chi connectivity index (χ1v) is 4.64. The molecule has 4 heteroatoms. The van der Waals surface area contributed by atoms with E-state index in [0.717, 1.165) is 5.56 Å². The number of hydrogen-bond donors (Lipinski definition) is 1. The van der Waals surface area contributed by atoms with E-state index >= 15 is 0 Å². The van der Waals surface area contributed by atoms with Gasteiger partial charge in [-0.3, -0.25) is 4.79 Å². The summed E-state index contributed by atoms with van der Waals surface area (Å²) >= 11 is 0. The molecule has 1 amide bonds. The van der Waals surface area contributed by atoms with Crippen molar-refractivity contribution in [2.75, 3.05) is 12.4 Å². The zero-order chi connectivity index (χ0) is 11.4. The number of nitrogens with one attached hydrogen (secondary N) is 1. The molecule has 0 fully saturated rings. The first-order valence-electron chi connectivity index (χ1n) is 4.64. The standard InChI is InChI=1S/C11H14FNO2/c1-7-4-5-9(12)10(6-7)13-11(14)8(2)15-3/h4-6,8H,1-3H3,(H,13,14). The van der Waals surface area contributed by atoms with E-state index in [9.17, 15) is 9.18 Å². The van der Waals surface area contributed by atoms with Gasteiger partial charge in [0.05, 0.1) is 5.69 Å². The second-order valence-corrected chi connectivity index (χ2v) is 3.35. The molecule has 1 atom stereocenters. The van der Waals surface area contributed by atoms with Gasteiger partial charge in [0, 0.05) is 7.11 Å². The molecule has 0 saturated carbocycles. The molecule has 1 aromatic carbocycles. The van der Waals surface area contributed by atoms with E-state index in [2.05, 4.69) is 5.32 Å². The largest absolute Gasteiger partial charge is 0.372 e. The third-order valence-corrected chi connectivity index (χ3v) is 2.10. The van der Waals surface area contributed by atoms with E-state index < -0.39 is 11.9 Å². The van der Waals surface area contributed by atoms with Crippen molar-refractivity contribution in [2.45, 2.75) is 20.0 Å². The summed E-state index contributed by atoms with van der Waals surface area (Å²) in [6.07, 6.45) is -0.593. The van der Waals surface area contributed by atoms with Crippen LogP contribution in [0, 0.1) is 12.7 Å². The number of carbonyl (C=O) groups excluding carboxylic acids is 1. The van der Waals surface area contributed by atoms with Crippen LogP contribution in [0.5, 0.6) is 0 Å². The maximum Gasteiger partial charge on any atom is 0.253 e. The van der Waals surface area contributed by atoms with E-state index in [1.165, 1.54) is 13.2 Å². The van der Waals surface area contributed by atoms with Gasteiger partial charge >= 0.3 is 0 Å². The van der Waals surface area contributed by atoms with Gasteiger partial charge in [-0.25, -0.2) is 4.39 Å². The maximum absolute atomic E-state index is 13.2. The highest BCUT2D eigenvalue weighted by Crippen LogP contribution is 2.15. The van der Waals surface area contributed by atoms with E-state index in [1.807, 2.05) is 6.92 Å². The first-order chi connectivity index (χ1) is 7.04. The van der Waals surface area contributed by atoms with Crippen molar-refractivity contribution in [2.24, 2.45) is 0 Å². The minimum Gasteiger partial charge on any atom is -0.372 e. The number of aryl methyl sites for hydroxylation is 1. The molecule has 3 nitrogen and oxygen atoms in total. The molecule has 1 N–H and O–H groups in total. The number of benzene rings is 1. The Morgan fingerprint density at radius 3 is 2.80 bits per heavy atom. The lowest BCUT2D eigenvalue weighted by Gasteiger charge is -2.11. The molecule has 0 aliphatic carbocycles. The summed E-state index contributed by atoms with van der Waals surface area (Å²) in [7, 11) is 1.43. The zero-order valence-corrected chi connectivity index (χ0v) is 9.00. The van der Waals surface area contributed by atoms with Gasteiger partial charge in [-0.05, 0) is 31.5 Å². The van der Waals surface area contributed by atoms with Gasteiger partial charge < -0.3 is 10.1 Å². The van der Waals surface area contributed by atoms with Crippen molar-refractivity contribution < 1.29 is 13.9 Å². The summed E-state index contributed by atoms with van der Waals surface area (Å²) in [6, 6.07) is 4.54. The highest BCUT2D eigenvalue weighted by atomic mass is 19.1. The van der Waals surface area contributed by atoms with E-state index in [-0.39, 0.29) is 11.6 Å². The molecule has 0 heterocycles. The summed E-state index contributed by atoms with van der Waals surface area (Å²) in [5.74, 6) is -0.806. The number of ether oxygens (including phenoxy) is 1. The Hall–Kier alpha value is -1.42. The minimum absolute atomic E-state index is 0.184. The van der Waals surface area contributed by atoms with Crippen molar-refractivity contribution in [3.63, 3.8) is 0 Å². The Bertz CT molecular complexity index is 366. The molecule has 0 aromatic heterocycles. The summed E-state index contributed by atoms with van der Waals surface area (Å²) < 4.78 is 18.1. The Balaban J connectivity index is 2.80. The van der Waals surface area contributed by atoms with Gasteiger partial charge in [-0.15, -0.1) is 0 Å². The van der Waals surface area contributed by atoms with Crippen LogP contribution in [-0.2, 0) is 9.53 Å². The number of amides is 1. The topological polar surface area (TPSA) is 38.3 Å². The summed E-state index contributed by atoms with van der Waals surface area (Å²) in [4.78, 5) is 11.4. The monoisotopic (exact) mass is 211 g/mol. The fourth-order valence-corrected chi connectivity index (χ4v) is 1.08. The highest BCUT2D eigenvalue weighted by molar-refractivity contribution is 5.94. The summed E-state index contributed by atoms with van der Waals surface area (Å²) in [5, 5.41) is 2.46. The van der Waals surface area contributed by atoms with E-state index in [0.29, 0.717) is 0 Å². The fraction of sp³-hybridized carbons (Fsp3) is 0.364. The molecule has 15 heavy (non-hydrogen) atoms. The average Bonchev–Trinajstić information content (AvgIpc) is 2.22. The Labute approximate surface area is 88.2 Å². The predicted molar refractivity (Wildman–Crippen MR) is 56.2 cm³/mol. The quantitative estimate of drug-likeness (QED) is 0.831. The molecule has 82 valence electrons. The molecule has 1 rings (SSSR count). The highest BCUT2D eigenvalue weighted by Gasteiger charge is 2.13. The van der Waals surface area contributed by atoms with E-state index in [1.54, 1.807) is 19.1 Å². The number of methoxy groups -OCH3 is 1. The van der Waals surface area contributed by atoms with Crippen molar-refractivity contribution in [1.82, 2.24) is 0 Å². The second-order valence-electron chi connectivity index (χ2n) is 3.35. The smallest absolute Gasteiger partial charge is 0.253 e. The average molecular weight is 211 g/mol. The third kappa shape index (κ3) is 3.02. The third-order valence-electron chi connectivity index (χ3n) is 2.10. The molecule has 0 saturated heterocycles. The predicted octanol–water partition coefficient (Wildman–Crippen LogP) is 2.11. The molecule has 0 aliphatic rings. The van der Waals surface area contributed by atoms with Crippen LogP contribution in [0.2, 0.25) is 0 Å².